The summed E-state index contributed by atoms with van der Waals surface area (Å²) < 4.78 is 91.1. The van der Waals surface area contributed by atoms with Crippen molar-refractivity contribution in [1.29, 1.82) is 0 Å². The summed E-state index contributed by atoms with van der Waals surface area (Å²) in [5, 5.41) is 0. The van der Waals surface area contributed by atoms with E-state index in [0.717, 1.165) is 30.5 Å². The number of nitrogens with zero attached hydrogens (tertiary/aromatic N) is 1. The molecule has 0 saturated carbocycles. The zero-order chi connectivity index (χ0) is 18.9. The average Bonchev–Trinajstić information content (AvgIpc) is 2.45. The molecule has 1 N–H and O–H groups in total. The van der Waals surface area contributed by atoms with E-state index in [1.807, 2.05) is 0 Å². The van der Waals surface area contributed by atoms with Gasteiger partial charge in [0.1, 0.15) is 5.75 Å². The molecule has 1 fully saturated rings. The van der Waals surface area contributed by atoms with Crippen LogP contribution >= 0.6 is 0 Å². The minimum absolute atomic E-state index is 0.199. The second-order valence-electron chi connectivity index (χ2n) is 5.58. The Labute approximate surface area is 143 Å². The van der Waals surface area contributed by atoms with Crippen LogP contribution < -0.4 is 9.46 Å². The Morgan fingerprint density at radius 3 is 2.04 bits per heavy atom. The topological polar surface area (TPSA) is 92.8 Å². The fourth-order valence-electron chi connectivity index (χ4n) is 2.41. The first-order chi connectivity index (χ1) is 11.4. The summed E-state index contributed by atoms with van der Waals surface area (Å²) in [4.78, 5) is -0.201. The van der Waals surface area contributed by atoms with Crippen molar-refractivity contribution in [3.8, 4) is 5.75 Å². The van der Waals surface area contributed by atoms with Crippen LogP contribution in [0.5, 0.6) is 5.75 Å². The molecule has 1 aromatic rings. The monoisotopic (exact) mass is 402 g/mol. The maximum atomic E-state index is 12.3. The summed E-state index contributed by atoms with van der Waals surface area (Å²) in [5.41, 5.74) is 0. The molecule has 1 aliphatic heterocycles. The summed E-state index contributed by atoms with van der Waals surface area (Å²) in [6, 6.07) is 3.39. The minimum Gasteiger partial charge on any atom is -0.406 e. The number of rotatable bonds is 5. The van der Waals surface area contributed by atoms with E-state index < -0.39 is 38.2 Å². The van der Waals surface area contributed by atoms with Crippen LogP contribution in [0.15, 0.2) is 29.2 Å². The van der Waals surface area contributed by atoms with Gasteiger partial charge in [-0.2, -0.15) is 0 Å². The van der Waals surface area contributed by atoms with Crippen LogP contribution in [0, 0.1) is 0 Å². The van der Waals surface area contributed by atoms with Crippen molar-refractivity contribution in [3.05, 3.63) is 24.3 Å². The molecular weight excluding hydrogens is 385 g/mol. The summed E-state index contributed by atoms with van der Waals surface area (Å²) >= 11 is 0. The van der Waals surface area contributed by atoms with Gasteiger partial charge in [0.15, 0.2) is 0 Å². The highest BCUT2D eigenvalue weighted by Gasteiger charge is 2.31. The van der Waals surface area contributed by atoms with Crippen molar-refractivity contribution in [2.75, 3.05) is 19.3 Å². The molecule has 0 spiro atoms. The van der Waals surface area contributed by atoms with E-state index in [1.54, 1.807) is 0 Å². The highest BCUT2D eigenvalue weighted by atomic mass is 32.2. The number of ether oxygens (including phenoxy) is 1. The predicted molar refractivity (Wildman–Crippen MR) is 82.9 cm³/mol. The molecule has 2 rings (SSSR count). The van der Waals surface area contributed by atoms with Crippen molar-refractivity contribution >= 4 is 20.0 Å². The Bertz CT molecular complexity index is 799. The molecule has 0 aliphatic carbocycles. The molecule has 1 saturated heterocycles. The molecule has 1 heterocycles. The van der Waals surface area contributed by atoms with Gasteiger partial charge in [-0.1, -0.05) is 0 Å². The number of piperidine rings is 1. The van der Waals surface area contributed by atoms with Gasteiger partial charge in [-0.3, -0.25) is 0 Å². The lowest BCUT2D eigenvalue weighted by Crippen LogP contribution is -2.46. The van der Waals surface area contributed by atoms with Gasteiger partial charge in [0.25, 0.3) is 0 Å². The Morgan fingerprint density at radius 1 is 1.08 bits per heavy atom. The molecule has 1 aliphatic rings. The SMILES string of the molecule is CS(=O)(=O)N1CCC(NS(=O)(=O)c2ccc(OC(F)(F)F)cc2)CC1. The summed E-state index contributed by atoms with van der Waals surface area (Å²) in [6.45, 7) is 0.398. The van der Waals surface area contributed by atoms with Crippen molar-refractivity contribution in [2.24, 2.45) is 0 Å². The third-order valence-electron chi connectivity index (χ3n) is 3.61. The number of hydrogen-bond donors (Lipinski definition) is 1. The van der Waals surface area contributed by atoms with E-state index in [1.165, 1.54) is 4.31 Å². The molecule has 0 unspecified atom stereocenters. The third-order valence-corrected chi connectivity index (χ3v) is 6.45. The lowest BCUT2D eigenvalue weighted by molar-refractivity contribution is -0.274. The second kappa shape index (κ2) is 7.09. The summed E-state index contributed by atoms with van der Waals surface area (Å²) in [7, 11) is -7.24. The average molecular weight is 402 g/mol. The first-order valence-electron chi connectivity index (χ1n) is 7.20. The number of benzene rings is 1. The van der Waals surface area contributed by atoms with Gasteiger partial charge in [-0.05, 0) is 37.1 Å². The van der Waals surface area contributed by atoms with Crippen molar-refractivity contribution in [2.45, 2.75) is 30.1 Å². The largest absolute Gasteiger partial charge is 0.573 e. The van der Waals surface area contributed by atoms with Crippen LogP contribution in [0.2, 0.25) is 0 Å². The van der Waals surface area contributed by atoms with Crippen LogP contribution in [0.3, 0.4) is 0 Å². The lowest BCUT2D eigenvalue weighted by atomic mass is 10.1. The summed E-state index contributed by atoms with van der Waals surface area (Å²) in [5.74, 6) is -0.520. The second-order valence-corrected chi connectivity index (χ2v) is 9.27. The fraction of sp³-hybridized carbons (Fsp3) is 0.538. The van der Waals surface area contributed by atoms with Gasteiger partial charge >= 0.3 is 6.36 Å². The number of halogens is 3. The molecule has 25 heavy (non-hydrogen) atoms. The fourth-order valence-corrected chi connectivity index (χ4v) is 4.59. The molecule has 0 radical (unpaired) electrons. The molecule has 0 aromatic heterocycles. The van der Waals surface area contributed by atoms with E-state index in [-0.39, 0.29) is 18.0 Å². The van der Waals surface area contributed by atoms with Crippen molar-refractivity contribution < 1.29 is 34.7 Å². The van der Waals surface area contributed by atoms with E-state index in [2.05, 4.69) is 9.46 Å². The minimum atomic E-state index is -4.85. The molecule has 0 bridgehead atoms. The molecule has 7 nitrogen and oxygen atoms in total. The van der Waals surface area contributed by atoms with E-state index in [9.17, 15) is 30.0 Å². The molecule has 0 atom stereocenters. The van der Waals surface area contributed by atoms with Crippen molar-refractivity contribution in [3.63, 3.8) is 0 Å². The smallest absolute Gasteiger partial charge is 0.406 e. The highest BCUT2D eigenvalue weighted by Crippen LogP contribution is 2.24. The first-order valence-corrected chi connectivity index (χ1v) is 10.5. The molecule has 12 heteroatoms. The van der Waals surface area contributed by atoms with Crippen molar-refractivity contribution in [1.82, 2.24) is 9.03 Å². The van der Waals surface area contributed by atoms with Gasteiger partial charge in [0.2, 0.25) is 20.0 Å². The lowest BCUT2D eigenvalue weighted by Gasteiger charge is -2.30. The number of sulfonamides is 2. The molecule has 142 valence electrons. The zero-order valence-corrected chi connectivity index (χ0v) is 14.8. The van der Waals surface area contributed by atoms with Crippen LogP contribution in [0.4, 0.5) is 13.2 Å². The Balaban J connectivity index is 2.00. The Kier molecular flexibility index (Phi) is 5.66. The Hall–Kier alpha value is -1.37. The standard InChI is InChI=1S/C13H17F3N2O5S2/c1-24(19,20)18-8-6-10(7-9-18)17-25(21,22)12-4-2-11(3-5-12)23-13(14,15)16/h2-5,10,17H,6-9H2,1H3. The van der Waals surface area contributed by atoms with Crippen LogP contribution in [-0.2, 0) is 20.0 Å². The predicted octanol–water partition coefficient (Wildman–Crippen LogP) is 1.29. The molecule has 0 amide bonds. The quantitative estimate of drug-likeness (QED) is 0.801. The normalized spacial score (nSPS) is 18.2. The van der Waals surface area contributed by atoms with Gasteiger partial charge in [-0.25, -0.2) is 25.9 Å². The number of nitrogens with one attached hydrogen (secondary N) is 1. The van der Waals surface area contributed by atoms with Crippen LogP contribution in [0.25, 0.3) is 0 Å². The molecule has 1 aromatic carbocycles. The van der Waals surface area contributed by atoms with Gasteiger partial charge in [0.05, 0.1) is 11.2 Å². The van der Waals surface area contributed by atoms with E-state index in [0.29, 0.717) is 12.8 Å². The van der Waals surface area contributed by atoms with E-state index >= 15 is 0 Å². The maximum Gasteiger partial charge on any atom is 0.573 e. The van der Waals surface area contributed by atoms with Crippen LogP contribution in [-0.4, -0.2) is 52.9 Å². The Morgan fingerprint density at radius 2 is 1.60 bits per heavy atom. The van der Waals surface area contributed by atoms with Crippen LogP contribution in [0.1, 0.15) is 12.8 Å². The first kappa shape index (κ1) is 19.9. The molecular formula is C13H17F3N2O5S2. The van der Waals surface area contributed by atoms with E-state index in [4.69, 9.17) is 0 Å². The summed E-state index contributed by atoms with van der Waals surface area (Å²) in [6.07, 6.45) is -3.16. The van der Waals surface area contributed by atoms with Gasteiger partial charge in [-0.15, -0.1) is 13.2 Å². The van der Waals surface area contributed by atoms with Gasteiger partial charge in [0, 0.05) is 19.1 Å². The third kappa shape index (κ3) is 5.83. The maximum absolute atomic E-state index is 12.3. The number of alkyl halides is 3. The van der Waals surface area contributed by atoms with Gasteiger partial charge < -0.3 is 4.74 Å². The highest BCUT2D eigenvalue weighted by molar-refractivity contribution is 7.89. The zero-order valence-electron chi connectivity index (χ0n) is 13.2. The number of hydrogen-bond acceptors (Lipinski definition) is 5.